The monoisotopic (exact) mass is 208 g/mol. The molecule has 0 bridgehead atoms. The number of aliphatic hydroxyl groups excluding tert-OH is 1. The van der Waals surface area contributed by atoms with Gasteiger partial charge in [0.25, 0.3) is 0 Å². The van der Waals surface area contributed by atoms with E-state index in [2.05, 4.69) is 26.0 Å². The van der Waals surface area contributed by atoms with E-state index in [1.807, 2.05) is 6.92 Å². The highest BCUT2D eigenvalue weighted by atomic mass is 16.5. The van der Waals surface area contributed by atoms with Crippen molar-refractivity contribution in [2.75, 3.05) is 7.11 Å². The third-order valence-electron chi connectivity index (χ3n) is 2.73. The van der Waals surface area contributed by atoms with Crippen molar-refractivity contribution in [2.24, 2.45) is 0 Å². The van der Waals surface area contributed by atoms with Crippen molar-refractivity contribution < 1.29 is 9.84 Å². The van der Waals surface area contributed by atoms with Gasteiger partial charge >= 0.3 is 0 Å². The van der Waals surface area contributed by atoms with Crippen LogP contribution in [0.3, 0.4) is 0 Å². The Labute approximate surface area is 91.9 Å². The Kier molecular flexibility index (Phi) is 4.15. The van der Waals surface area contributed by atoms with Crippen molar-refractivity contribution >= 4 is 0 Å². The lowest BCUT2D eigenvalue weighted by atomic mass is 10.0. The number of aliphatic hydroxyl groups is 1. The summed E-state index contributed by atoms with van der Waals surface area (Å²) in [6.07, 6.45) is 1.39. The number of aryl methyl sites for hydroxylation is 3. The molecular weight excluding hydrogens is 188 g/mol. The van der Waals surface area contributed by atoms with Crippen LogP contribution in [-0.4, -0.2) is 18.3 Å². The predicted octanol–water partition coefficient (Wildman–Crippen LogP) is 2.63. The fourth-order valence-corrected chi connectivity index (χ4v) is 1.60. The Morgan fingerprint density at radius 1 is 1.27 bits per heavy atom. The second kappa shape index (κ2) is 5.17. The van der Waals surface area contributed by atoms with Gasteiger partial charge in [0.1, 0.15) is 5.75 Å². The van der Waals surface area contributed by atoms with Crippen LogP contribution < -0.4 is 4.74 Å². The summed E-state index contributed by atoms with van der Waals surface area (Å²) in [6.45, 7) is 5.99. The molecule has 1 N–H and O–H groups in total. The highest BCUT2D eigenvalue weighted by molar-refractivity contribution is 5.41. The van der Waals surface area contributed by atoms with E-state index in [1.54, 1.807) is 7.11 Å². The van der Waals surface area contributed by atoms with Gasteiger partial charge in [-0.25, -0.2) is 0 Å². The molecule has 0 aliphatic rings. The van der Waals surface area contributed by atoms with E-state index >= 15 is 0 Å². The molecule has 0 amide bonds. The quantitative estimate of drug-likeness (QED) is 0.824. The van der Waals surface area contributed by atoms with E-state index in [-0.39, 0.29) is 6.10 Å². The molecule has 0 fully saturated rings. The normalized spacial score (nSPS) is 12.6. The van der Waals surface area contributed by atoms with Crippen LogP contribution in [0.1, 0.15) is 30.0 Å². The minimum atomic E-state index is -0.253. The first-order valence-corrected chi connectivity index (χ1v) is 5.36. The van der Waals surface area contributed by atoms with Crippen molar-refractivity contribution in [1.82, 2.24) is 0 Å². The van der Waals surface area contributed by atoms with E-state index < -0.39 is 0 Å². The molecule has 1 atom stereocenters. The molecule has 0 unspecified atom stereocenters. The Morgan fingerprint density at radius 3 is 2.40 bits per heavy atom. The van der Waals surface area contributed by atoms with Crippen molar-refractivity contribution in [3.8, 4) is 5.75 Å². The molecule has 84 valence electrons. The van der Waals surface area contributed by atoms with Gasteiger partial charge in [-0.15, -0.1) is 0 Å². The first kappa shape index (κ1) is 12.1. The number of rotatable bonds is 4. The van der Waals surface area contributed by atoms with Crippen molar-refractivity contribution in [3.63, 3.8) is 0 Å². The molecule has 0 aliphatic heterocycles. The molecule has 1 rings (SSSR count). The average molecular weight is 208 g/mol. The van der Waals surface area contributed by atoms with Gasteiger partial charge in [-0.2, -0.15) is 0 Å². The van der Waals surface area contributed by atoms with Crippen LogP contribution >= 0.6 is 0 Å². The zero-order valence-electron chi connectivity index (χ0n) is 10.0. The highest BCUT2D eigenvalue weighted by Crippen LogP contribution is 2.24. The standard InChI is InChI=1S/C13H20O2/c1-9-7-12(6-5-11(3)14)13(15-4)8-10(9)2/h7-8,11,14H,5-6H2,1-4H3/t11-/m1/s1. The topological polar surface area (TPSA) is 29.5 Å². The van der Waals surface area contributed by atoms with E-state index in [1.165, 1.54) is 16.7 Å². The number of hydrogen-bond acceptors (Lipinski definition) is 2. The molecule has 0 saturated heterocycles. The second-order valence-corrected chi connectivity index (χ2v) is 4.14. The fourth-order valence-electron chi connectivity index (χ4n) is 1.60. The molecule has 1 aromatic rings. The number of benzene rings is 1. The first-order chi connectivity index (χ1) is 7.04. The van der Waals surface area contributed by atoms with Gasteiger partial charge in [-0.3, -0.25) is 0 Å². The second-order valence-electron chi connectivity index (χ2n) is 4.14. The molecule has 0 radical (unpaired) electrons. The molecule has 0 aromatic heterocycles. The molecule has 2 nitrogen and oxygen atoms in total. The predicted molar refractivity (Wildman–Crippen MR) is 62.5 cm³/mol. The van der Waals surface area contributed by atoms with E-state index in [0.29, 0.717) is 0 Å². The largest absolute Gasteiger partial charge is 0.496 e. The lowest BCUT2D eigenvalue weighted by molar-refractivity contribution is 0.184. The molecule has 15 heavy (non-hydrogen) atoms. The molecule has 0 aliphatic carbocycles. The minimum absolute atomic E-state index is 0.253. The zero-order chi connectivity index (χ0) is 11.4. The van der Waals surface area contributed by atoms with Crippen LogP contribution in [0.25, 0.3) is 0 Å². The summed E-state index contributed by atoms with van der Waals surface area (Å²) < 4.78 is 5.33. The molecule has 0 heterocycles. The molecule has 2 heteroatoms. The SMILES string of the molecule is COc1cc(C)c(C)cc1CC[C@@H](C)O. The van der Waals surface area contributed by atoms with Gasteiger partial charge in [-0.1, -0.05) is 6.07 Å². The third-order valence-corrected chi connectivity index (χ3v) is 2.73. The number of ether oxygens (including phenoxy) is 1. The average Bonchev–Trinajstić information content (AvgIpc) is 2.19. The molecule has 1 aromatic carbocycles. The van der Waals surface area contributed by atoms with Gasteiger partial charge in [0.2, 0.25) is 0 Å². The maximum absolute atomic E-state index is 9.26. The van der Waals surface area contributed by atoms with Crippen molar-refractivity contribution in [1.29, 1.82) is 0 Å². The molecule has 0 spiro atoms. The number of methoxy groups -OCH3 is 1. The van der Waals surface area contributed by atoms with Gasteiger partial charge < -0.3 is 9.84 Å². The Morgan fingerprint density at radius 2 is 1.87 bits per heavy atom. The van der Waals surface area contributed by atoms with Crippen molar-refractivity contribution in [3.05, 3.63) is 28.8 Å². The highest BCUT2D eigenvalue weighted by Gasteiger charge is 2.07. The summed E-state index contributed by atoms with van der Waals surface area (Å²) in [5, 5.41) is 9.26. The Bertz CT molecular complexity index is 330. The summed E-state index contributed by atoms with van der Waals surface area (Å²) in [4.78, 5) is 0. The van der Waals surface area contributed by atoms with Crippen LogP contribution in [0.5, 0.6) is 5.75 Å². The van der Waals surface area contributed by atoms with Crippen LogP contribution in [0.2, 0.25) is 0 Å². The summed E-state index contributed by atoms with van der Waals surface area (Å²) in [7, 11) is 1.69. The fraction of sp³-hybridized carbons (Fsp3) is 0.538. The van der Waals surface area contributed by atoms with Crippen molar-refractivity contribution in [2.45, 2.75) is 39.7 Å². The molecule has 0 saturated carbocycles. The maximum Gasteiger partial charge on any atom is 0.122 e. The van der Waals surface area contributed by atoms with Crippen LogP contribution in [0.15, 0.2) is 12.1 Å². The summed E-state index contributed by atoms with van der Waals surface area (Å²) in [5.74, 6) is 0.929. The Balaban J connectivity index is 2.89. The maximum atomic E-state index is 9.26. The van der Waals surface area contributed by atoms with Gasteiger partial charge in [-0.05, 0) is 56.4 Å². The smallest absolute Gasteiger partial charge is 0.122 e. The third kappa shape index (κ3) is 3.24. The summed E-state index contributed by atoms with van der Waals surface area (Å²) in [6, 6.07) is 4.21. The van der Waals surface area contributed by atoms with Crippen LogP contribution in [0, 0.1) is 13.8 Å². The lowest BCUT2D eigenvalue weighted by Crippen LogP contribution is -2.03. The van der Waals surface area contributed by atoms with E-state index in [9.17, 15) is 5.11 Å². The number of hydrogen-bond donors (Lipinski definition) is 1. The first-order valence-electron chi connectivity index (χ1n) is 5.36. The van der Waals surface area contributed by atoms with E-state index in [0.717, 1.165) is 18.6 Å². The summed E-state index contributed by atoms with van der Waals surface area (Å²) >= 11 is 0. The van der Waals surface area contributed by atoms with E-state index in [4.69, 9.17) is 4.74 Å². The molecular formula is C13H20O2. The van der Waals surface area contributed by atoms with Gasteiger partial charge in [0.05, 0.1) is 13.2 Å². The Hall–Kier alpha value is -1.02. The van der Waals surface area contributed by atoms with Crippen LogP contribution in [-0.2, 0) is 6.42 Å². The summed E-state index contributed by atoms with van der Waals surface area (Å²) in [5.41, 5.74) is 3.70. The van der Waals surface area contributed by atoms with Gasteiger partial charge in [0, 0.05) is 0 Å². The lowest BCUT2D eigenvalue weighted by Gasteiger charge is -2.12. The van der Waals surface area contributed by atoms with Gasteiger partial charge in [0.15, 0.2) is 0 Å². The zero-order valence-corrected chi connectivity index (χ0v) is 10.0. The van der Waals surface area contributed by atoms with Crippen LogP contribution in [0.4, 0.5) is 0 Å². The minimum Gasteiger partial charge on any atom is -0.496 e.